The highest BCUT2D eigenvalue weighted by Crippen LogP contribution is 2.20. The van der Waals surface area contributed by atoms with Crippen LogP contribution in [0.3, 0.4) is 0 Å². The average molecular weight is 399 g/mol. The maximum absolute atomic E-state index is 12.1. The Bertz CT molecular complexity index is 982. The number of fused-ring (bicyclic) bond motifs is 1. The molecule has 0 spiro atoms. The molecular weight excluding hydrogens is 374 g/mol. The third-order valence-corrected chi connectivity index (χ3v) is 4.65. The summed E-state index contributed by atoms with van der Waals surface area (Å²) in [5.41, 5.74) is 1.19. The molecule has 29 heavy (non-hydrogen) atoms. The molecule has 0 radical (unpaired) electrons. The zero-order valence-corrected chi connectivity index (χ0v) is 16.9. The molecule has 3 aromatic heterocycles. The largest absolute Gasteiger partial charge is 0.444 e. The minimum absolute atomic E-state index is 0.0536. The number of carbonyl (C=O) groups is 1. The van der Waals surface area contributed by atoms with E-state index in [4.69, 9.17) is 14.0 Å². The van der Waals surface area contributed by atoms with E-state index in [-0.39, 0.29) is 18.8 Å². The van der Waals surface area contributed by atoms with Gasteiger partial charge in [-0.1, -0.05) is 5.16 Å². The van der Waals surface area contributed by atoms with Crippen LogP contribution in [0, 0.1) is 0 Å². The molecule has 9 nitrogen and oxygen atoms in total. The lowest BCUT2D eigenvalue weighted by Gasteiger charge is -2.33. The summed E-state index contributed by atoms with van der Waals surface area (Å²) in [4.78, 5) is 22.5. The number of hydrogen-bond donors (Lipinski definition) is 0. The molecule has 4 heterocycles. The van der Waals surface area contributed by atoms with Gasteiger partial charge in [-0.05, 0) is 45.7 Å². The lowest BCUT2D eigenvalue weighted by molar-refractivity contribution is -0.0190. The van der Waals surface area contributed by atoms with Crippen molar-refractivity contribution in [2.75, 3.05) is 13.1 Å². The van der Waals surface area contributed by atoms with Crippen molar-refractivity contribution in [3.8, 4) is 11.5 Å². The third kappa shape index (κ3) is 4.73. The van der Waals surface area contributed by atoms with Gasteiger partial charge in [-0.15, -0.1) is 0 Å². The molecule has 1 fully saturated rings. The van der Waals surface area contributed by atoms with Gasteiger partial charge in [0.25, 0.3) is 5.89 Å². The molecule has 0 unspecified atom stereocenters. The molecule has 154 valence electrons. The molecule has 9 heteroatoms. The highest BCUT2D eigenvalue weighted by molar-refractivity contribution is 5.68. The van der Waals surface area contributed by atoms with Gasteiger partial charge < -0.3 is 23.3 Å². The molecule has 4 rings (SSSR count). The monoisotopic (exact) mass is 399 g/mol. The molecule has 0 N–H and O–H groups in total. The molecular formula is C20H25N5O4. The summed E-state index contributed by atoms with van der Waals surface area (Å²) in [7, 11) is 0. The van der Waals surface area contributed by atoms with Crippen LogP contribution in [0.4, 0.5) is 4.79 Å². The Morgan fingerprint density at radius 1 is 1.28 bits per heavy atom. The Kier molecular flexibility index (Phi) is 5.23. The number of aromatic nitrogens is 4. The van der Waals surface area contributed by atoms with Crippen LogP contribution in [0.15, 0.2) is 35.2 Å². The fourth-order valence-corrected chi connectivity index (χ4v) is 3.20. The fraction of sp³-hybridized carbons (Fsp3) is 0.500. The molecule has 1 amide bonds. The van der Waals surface area contributed by atoms with Crippen molar-refractivity contribution < 1.29 is 18.8 Å². The Morgan fingerprint density at radius 2 is 2.07 bits per heavy atom. The normalized spacial score (nSPS) is 15.8. The number of carbonyl (C=O) groups excluding carboxylic acids is 1. The Hall–Kier alpha value is -2.94. The molecule has 3 aromatic rings. The smallest absolute Gasteiger partial charge is 0.410 e. The summed E-state index contributed by atoms with van der Waals surface area (Å²) >= 11 is 0. The predicted molar refractivity (Wildman–Crippen MR) is 104 cm³/mol. The van der Waals surface area contributed by atoms with Crippen LogP contribution in [0.5, 0.6) is 0 Å². The van der Waals surface area contributed by atoms with Gasteiger partial charge in [-0.3, -0.25) is 0 Å². The van der Waals surface area contributed by atoms with Crippen molar-refractivity contribution in [2.45, 2.75) is 51.9 Å². The van der Waals surface area contributed by atoms with Crippen LogP contribution in [0.25, 0.3) is 17.1 Å². The van der Waals surface area contributed by atoms with E-state index in [9.17, 15) is 4.79 Å². The quantitative estimate of drug-likeness (QED) is 0.664. The number of hydrogen-bond acceptors (Lipinski definition) is 7. The van der Waals surface area contributed by atoms with Gasteiger partial charge in [-0.25, -0.2) is 9.78 Å². The first-order valence-electron chi connectivity index (χ1n) is 9.72. The van der Waals surface area contributed by atoms with Gasteiger partial charge in [0.15, 0.2) is 5.82 Å². The van der Waals surface area contributed by atoms with E-state index in [0.29, 0.717) is 24.8 Å². The molecule has 1 aliphatic rings. The first-order valence-corrected chi connectivity index (χ1v) is 9.72. The van der Waals surface area contributed by atoms with Crippen molar-refractivity contribution >= 4 is 11.7 Å². The van der Waals surface area contributed by atoms with Crippen LogP contribution in [0.1, 0.15) is 39.4 Å². The average Bonchev–Trinajstić information content (AvgIpc) is 3.34. The first kappa shape index (κ1) is 19.4. The van der Waals surface area contributed by atoms with Gasteiger partial charge >= 0.3 is 6.09 Å². The zero-order chi connectivity index (χ0) is 20.4. The minimum Gasteiger partial charge on any atom is -0.444 e. The molecule has 0 bridgehead atoms. The SMILES string of the molecule is CC(C)(C)OC(=O)N1CCC(OCc2noc(-c3ccc4nccn4c3)n2)CC1. The Morgan fingerprint density at radius 3 is 2.83 bits per heavy atom. The van der Waals surface area contributed by atoms with E-state index < -0.39 is 5.60 Å². The standard InChI is InChI=1S/C20H25N5O4/c1-20(2,3)28-19(26)24-9-6-15(7-10-24)27-13-16-22-18(29-23-16)14-4-5-17-21-8-11-25(17)12-14/h4-5,8,11-12,15H,6-7,9-10,13H2,1-3H3. The summed E-state index contributed by atoms with van der Waals surface area (Å²) in [5.74, 6) is 0.944. The van der Waals surface area contributed by atoms with Gasteiger partial charge in [0.1, 0.15) is 17.9 Å². The van der Waals surface area contributed by atoms with E-state index in [1.54, 1.807) is 11.1 Å². The van der Waals surface area contributed by atoms with E-state index in [2.05, 4.69) is 15.1 Å². The Labute approximate surface area is 168 Å². The van der Waals surface area contributed by atoms with Crippen molar-refractivity contribution in [2.24, 2.45) is 0 Å². The number of piperidine rings is 1. The molecule has 0 saturated carbocycles. The molecule has 1 saturated heterocycles. The van der Waals surface area contributed by atoms with Crippen LogP contribution < -0.4 is 0 Å². The fourth-order valence-electron chi connectivity index (χ4n) is 3.20. The van der Waals surface area contributed by atoms with Gasteiger partial charge in [-0.2, -0.15) is 4.98 Å². The highest BCUT2D eigenvalue weighted by atomic mass is 16.6. The summed E-state index contributed by atoms with van der Waals surface area (Å²) < 4.78 is 18.6. The maximum Gasteiger partial charge on any atom is 0.410 e. The van der Waals surface area contributed by atoms with E-state index >= 15 is 0 Å². The molecule has 0 aromatic carbocycles. The second-order valence-electron chi connectivity index (χ2n) is 8.10. The lowest BCUT2D eigenvalue weighted by atomic mass is 10.1. The number of ether oxygens (including phenoxy) is 2. The summed E-state index contributed by atoms with van der Waals surface area (Å²) in [6, 6.07) is 3.79. The lowest BCUT2D eigenvalue weighted by Crippen LogP contribution is -2.43. The van der Waals surface area contributed by atoms with E-state index in [1.807, 2.05) is 49.7 Å². The first-order chi connectivity index (χ1) is 13.9. The van der Waals surface area contributed by atoms with Gasteiger partial charge in [0.2, 0.25) is 0 Å². The van der Waals surface area contributed by atoms with Gasteiger partial charge in [0.05, 0.1) is 11.7 Å². The summed E-state index contributed by atoms with van der Waals surface area (Å²) in [6.45, 7) is 7.10. The van der Waals surface area contributed by atoms with Crippen molar-refractivity contribution in [1.82, 2.24) is 24.4 Å². The van der Waals surface area contributed by atoms with E-state index in [0.717, 1.165) is 24.1 Å². The van der Waals surface area contributed by atoms with Crippen molar-refractivity contribution in [1.29, 1.82) is 0 Å². The van der Waals surface area contributed by atoms with Crippen molar-refractivity contribution in [3.63, 3.8) is 0 Å². The maximum atomic E-state index is 12.1. The summed E-state index contributed by atoms with van der Waals surface area (Å²) in [6.07, 6.45) is 6.78. The third-order valence-electron chi connectivity index (χ3n) is 4.65. The number of imidazole rings is 1. The number of likely N-dealkylation sites (tertiary alicyclic amines) is 1. The van der Waals surface area contributed by atoms with E-state index in [1.165, 1.54) is 0 Å². The molecule has 0 aliphatic carbocycles. The van der Waals surface area contributed by atoms with Gasteiger partial charge in [0, 0.05) is 31.7 Å². The second-order valence-corrected chi connectivity index (χ2v) is 8.10. The topological polar surface area (TPSA) is 95.0 Å². The Balaban J connectivity index is 1.28. The highest BCUT2D eigenvalue weighted by Gasteiger charge is 2.27. The number of amides is 1. The zero-order valence-electron chi connectivity index (χ0n) is 16.9. The van der Waals surface area contributed by atoms with Crippen LogP contribution in [-0.4, -0.2) is 55.3 Å². The second kappa shape index (κ2) is 7.82. The van der Waals surface area contributed by atoms with Crippen molar-refractivity contribution in [3.05, 3.63) is 36.5 Å². The molecule has 0 atom stereocenters. The molecule has 1 aliphatic heterocycles. The minimum atomic E-state index is -0.483. The van der Waals surface area contributed by atoms with Crippen LogP contribution in [-0.2, 0) is 16.1 Å². The summed E-state index contributed by atoms with van der Waals surface area (Å²) in [5, 5.41) is 4.01. The van der Waals surface area contributed by atoms with Crippen LogP contribution >= 0.6 is 0 Å². The number of pyridine rings is 1. The number of nitrogens with zero attached hydrogens (tertiary/aromatic N) is 5. The number of rotatable bonds is 4. The predicted octanol–water partition coefficient (Wildman–Crippen LogP) is 3.30. The van der Waals surface area contributed by atoms with Crippen LogP contribution in [0.2, 0.25) is 0 Å².